The molecule has 0 spiro atoms. The molecule has 0 unspecified atom stereocenters. The molecule has 1 aromatic rings. The first kappa shape index (κ1) is 19.8. The number of nitrogens with zero attached hydrogens (tertiary/aromatic N) is 1. The summed E-state index contributed by atoms with van der Waals surface area (Å²) in [4.78, 5) is 26.2. The summed E-state index contributed by atoms with van der Waals surface area (Å²) in [5, 5.41) is 9.54. The monoisotopic (exact) mass is 394 g/mol. The number of likely N-dealkylation sites (tertiary alicyclic amines) is 1. The molecule has 1 saturated carbocycles. The van der Waals surface area contributed by atoms with Crippen LogP contribution in [0.15, 0.2) is 29.2 Å². The van der Waals surface area contributed by atoms with Crippen LogP contribution in [-0.2, 0) is 26.0 Å². The zero-order valence-corrected chi connectivity index (χ0v) is 16.2. The number of hydrogen-bond acceptors (Lipinski definition) is 4. The Bertz CT molecular complexity index is 806. The normalized spacial score (nSPS) is 25.2. The molecule has 27 heavy (non-hydrogen) atoms. The fourth-order valence-electron chi connectivity index (χ4n) is 4.37. The lowest BCUT2D eigenvalue weighted by molar-refractivity contribution is -0.149. The Kier molecular flexibility index (Phi) is 5.86. The molecule has 0 aromatic heterocycles. The van der Waals surface area contributed by atoms with Gasteiger partial charge in [0.1, 0.15) is 6.04 Å². The first-order valence-electron chi connectivity index (χ1n) is 9.40. The number of benzene rings is 1. The van der Waals surface area contributed by atoms with E-state index in [2.05, 4.69) is 4.72 Å². The van der Waals surface area contributed by atoms with Crippen molar-refractivity contribution in [1.29, 1.82) is 0 Å². The van der Waals surface area contributed by atoms with Crippen LogP contribution in [-0.4, -0.2) is 49.4 Å². The molecule has 0 radical (unpaired) electrons. The molecule has 1 heterocycles. The number of hydrogen-bond donors (Lipinski definition) is 2. The standard InChI is InChI=1S/C19H26N2O5S/c1-20-27(25,26)15-9-6-13(7-10-15)8-11-18(22)21-16-5-3-2-4-14(16)12-17(21)19(23)24/h6-7,9-10,14,16-17,20H,2-5,8,11-12H2,1H3,(H,23,24)/t14-,16+,17+/m1/s1. The lowest BCUT2D eigenvalue weighted by Crippen LogP contribution is -2.46. The van der Waals surface area contributed by atoms with E-state index < -0.39 is 22.0 Å². The highest BCUT2D eigenvalue weighted by molar-refractivity contribution is 7.89. The summed E-state index contributed by atoms with van der Waals surface area (Å²) < 4.78 is 25.8. The minimum Gasteiger partial charge on any atom is -0.480 e. The van der Waals surface area contributed by atoms with E-state index in [1.807, 2.05) is 0 Å². The van der Waals surface area contributed by atoms with Gasteiger partial charge in [-0.3, -0.25) is 4.79 Å². The van der Waals surface area contributed by atoms with Gasteiger partial charge >= 0.3 is 5.97 Å². The van der Waals surface area contributed by atoms with Gasteiger partial charge in [0.05, 0.1) is 4.90 Å². The number of carboxylic acid groups (broad SMARTS) is 1. The summed E-state index contributed by atoms with van der Waals surface area (Å²) in [6.07, 6.45) is 5.28. The minimum absolute atomic E-state index is 0.0514. The summed E-state index contributed by atoms with van der Waals surface area (Å²) in [5.74, 6) is -0.738. The van der Waals surface area contributed by atoms with E-state index in [1.54, 1.807) is 17.0 Å². The van der Waals surface area contributed by atoms with Crippen molar-refractivity contribution in [2.75, 3.05) is 7.05 Å². The number of sulfonamides is 1. The first-order chi connectivity index (χ1) is 12.8. The number of fused-ring (bicyclic) bond motifs is 1. The summed E-state index contributed by atoms with van der Waals surface area (Å²) in [7, 11) is -2.12. The molecule has 7 nitrogen and oxygen atoms in total. The van der Waals surface area contributed by atoms with E-state index in [9.17, 15) is 23.1 Å². The fourth-order valence-corrected chi connectivity index (χ4v) is 5.10. The Labute approximate surface area is 159 Å². The largest absolute Gasteiger partial charge is 0.480 e. The average Bonchev–Trinajstić information content (AvgIpc) is 3.06. The van der Waals surface area contributed by atoms with E-state index in [-0.39, 0.29) is 23.3 Å². The van der Waals surface area contributed by atoms with Crippen LogP contribution < -0.4 is 4.72 Å². The van der Waals surface area contributed by atoms with Crippen molar-refractivity contribution in [3.05, 3.63) is 29.8 Å². The second-order valence-electron chi connectivity index (χ2n) is 7.35. The molecule has 1 saturated heterocycles. The van der Waals surface area contributed by atoms with Gasteiger partial charge in [0.2, 0.25) is 15.9 Å². The molecule has 1 aliphatic carbocycles. The van der Waals surface area contributed by atoms with Crippen LogP contribution in [0.4, 0.5) is 0 Å². The quantitative estimate of drug-likeness (QED) is 0.765. The number of amides is 1. The van der Waals surface area contributed by atoms with Gasteiger partial charge in [0.15, 0.2) is 0 Å². The number of aryl methyl sites for hydroxylation is 1. The Morgan fingerprint density at radius 2 is 1.85 bits per heavy atom. The van der Waals surface area contributed by atoms with Gasteiger partial charge in [-0.05, 0) is 56.3 Å². The van der Waals surface area contributed by atoms with Crippen LogP contribution in [0.2, 0.25) is 0 Å². The van der Waals surface area contributed by atoms with Crippen molar-refractivity contribution >= 4 is 21.9 Å². The molecule has 1 amide bonds. The van der Waals surface area contributed by atoms with Crippen molar-refractivity contribution in [3.8, 4) is 0 Å². The number of carbonyl (C=O) groups excluding carboxylic acids is 1. The van der Waals surface area contributed by atoms with Crippen LogP contribution in [0, 0.1) is 5.92 Å². The molecule has 2 aliphatic rings. The maximum absolute atomic E-state index is 12.8. The van der Waals surface area contributed by atoms with Crippen LogP contribution in [0.5, 0.6) is 0 Å². The number of rotatable bonds is 6. The highest BCUT2D eigenvalue weighted by Crippen LogP contribution is 2.40. The van der Waals surface area contributed by atoms with Crippen molar-refractivity contribution in [2.45, 2.75) is 61.9 Å². The Balaban J connectivity index is 1.66. The van der Waals surface area contributed by atoms with E-state index in [1.165, 1.54) is 19.2 Å². The van der Waals surface area contributed by atoms with Gasteiger partial charge in [0, 0.05) is 12.5 Å². The molecule has 3 atom stereocenters. The maximum atomic E-state index is 12.8. The van der Waals surface area contributed by atoms with Gasteiger partial charge in [-0.15, -0.1) is 0 Å². The fraction of sp³-hybridized carbons (Fsp3) is 0.579. The maximum Gasteiger partial charge on any atom is 0.326 e. The summed E-state index contributed by atoms with van der Waals surface area (Å²) in [6.45, 7) is 0. The summed E-state index contributed by atoms with van der Waals surface area (Å²) >= 11 is 0. The zero-order chi connectivity index (χ0) is 19.6. The van der Waals surface area contributed by atoms with E-state index in [4.69, 9.17) is 0 Å². The van der Waals surface area contributed by atoms with E-state index in [0.29, 0.717) is 18.8 Å². The third-order valence-corrected chi connectivity index (χ3v) is 7.22. The van der Waals surface area contributed by atoms with Crippen LogP contribution in [0.25, 0.3) is 0 Å². The van der Waals surface area contributed by atoms with Crippen molar-refractivity contribution in [3.63, 3.8) is 0 Å². The zero-order valence-electron chi connectivity index (χ0n) is 15.4. The Morgan fingerprint density at radius 1 is 1.19 bits per heavy atom. The van der Waals surface area contributed by atoms with Crippen LogP contribution in [0.1, 0.15) is 44.1 Å². The molecule has 2 fully saturated rings. The first-order valence-corrected chi connectivity index (χ1v) is 10.9. The molecule has 0 bridgehead atoms. The topological polar surface area (TPSA) is 104 Å². The number of nitrogens with one attached hydrogen (secondary N) is 1. The molecule has 1 aromatic carbocycles. The predicted molar refractivity (Wildman–Crippen MR) is 99.6 cm³/mol. The molecule has 148 valence electrons. The van der Waals surface area contributed by atoms with Crippen molar-refractivity contribution in [1.82, 2.24) is 9.62 Å². The predicted octanol–water partition coefficient (Wildman–Crippen LogP) is 1.77. The van der Waals surface area contributed by atoms with Gasteiger partial charge in [0.25, 0.3) is 0 Å². The highest BCUT2D eigenvalue weighted by atomic mass is 32.2. The second kappa shape index (κ2) is 7.98. The van der Waals surface area contributed by atoms with Gasteiger partial charge in [-0.2, -0.15) is 0 Å². The second-order valence-corrected chi connectivity index (χ2v) is 9.24. The smallest absolute Gasteiger partial charge is 0.326 e. The molecule has 3 rings (SSSR count). The van der Waals surface area contributed by atoms with E-state index in [0.717, 1.165) is 31.2 Å². The lowest BCUT2D eigenvalue weighted by Gasteiger charge is -2.33. The number of aliphatic carboxylic acids is 1. The number of carboxylic acids is 1. The third-order valence-electron chi connectivity index (χ3n) is 5.79. The average molecular weight is 394 g/mol. The van der Waals surface area contributed by atoms with Crippen LogP contribution in [0.3, 0.4) is 0 Å². The summed E-state index contributed by atoms with van der Waals surface area (Å²) in [6, 6.07) is 5.75. The molecular formula is C19H26N2O5S. The number of carbonyl (C=O) groups is 2. The minimum atomic E-state index is -3.48. The van der Waals surface area contributed by atoms with Gasteiger partial charge in [-0.25, -0.2) is 17.9 Å². The molecule has 8 heteroatoms. The van der Waals surface area contributed by atoms with Gasteiger partial charge in [-0.1, -0.05) is 25.0 Å². The van der Waals surface area contributed by atoms with Crippen LogP contribution >= 0.6 is 0 Å². The summed E-state index contributed by atoms with van der Waals surface area (Å²) in [5.41, 5.74) is 0.852. The Hall–Kier alpha value is -1.93. The lowest BCUT2D eigenvalue weighted by atomic mass is 9.84. The van der Waals surface area contributed by atoms with Crippen molar-refractivity contribution in [2.24, 2.45) is 5.92 Å². The van der Waals surface area contributed by atoms with Gasteiger partial charge < -0.3 is 10.0 Å². The SMILES string of the molecule is CNS(=O)(=O)c1ccc(CCC(=O)N2[C@H](C(=O)O)C[C@H]3CCCC[C@@H]32)cc1. The van der Waals surface area contributed by atoms with Crippen molar-refractivity contribution < 1.29 is 23.1 Å². The molecule has 1 aliphatic heterocycles. The molecule has 2 N–H and O–H groups in total. The Morgan fingerprint density at radius 3 is 2.48 bits per heavy atom. The molecular weight excluding hydrogens is 368 g/mol. The highest BCUT2D eigenvalue weighted by Gasteiger charge is 2.47. The van der Waals surface area contributed by atoms with E-state index >= 15 is 0 Å². The third kappa shape index (κ3) is 4.16.